The van der Waals surface area contributed by atoms with Crippen molar-refractivity contribution in [1.29, 1.82) is 0 Å². The number of aromatic hydroxyl groups is 1. The van der Waals surface area contributed by atoms with E-state index >= 15 is 0 Å². The van der Waals surface area contributed by atoms with Gasteiger partial charge < -0.3 is 14.8 Å². The fraction of sp³-hybridized carbons (Fsp3) is 0.0588. The van der Waals surface area contributed by atoms with Crippen LogP contribution in [0.5, 0.6) is 5.75 Å². The molecule has 0 aliphatic heterocycles. The SMILES string of the molecule is O=C(CNC(=O)c1ccco1)NNC(=O)c1nn(-c2ccc(Cl)cc2)cc1O. The van der Waals surface area contributed by atoms with Crippen molar-refractivity contribution in [2.24, 2.45) is 0 Å². The molecule has 1 aromatic carbocycles. The van der Waals surface area contributed by atoms with Gasteiger partial charge in [-0.15, -0.1) is 0 Å². The maximum Gasteiger partial charge on any atom is 0.294 e. The van der Waals surface area contributed by atoms with E-state index in [0.717, 1.165) is 0 Å². The zero-order valence-corrected chi connectivity index (χ0v) is 14.9. The predicted molar refractivity (Wildman–Crippen MR) is 96.9 cm³/mol. The van der Waals surface area contributed by atoms with E-state index in [9.17, 15) is 19.5 Å². The van der Waals surface area contributed by atoms with E-state index in [1.807, 2.05) is 0 Å². The van der Waals surface area contributed by atoms with Crippen LogP contribution in [0.15, 0.2) is 53.3 Å². The molecule has 2 aromatic heterocycles. The average molecular weight is 404 g/mol. The van der Waals surface area contributed by atoms with Gasteiger partial charge in [0.2, 0.25) is 0 Å². The molecule has 0 aliphatic rings. The van der Waals surface area contributed by atoms with Crippen LogP contribution in [0, 0.1) is 0 Å². The predicted octanol–water partition coefficient (Wildman–Crippen LogP) is 1.02. The first-order valence-corrected chi connectivity index (χ1v) is 8.27. The van der Waals surface area contributed by atoms with Crippen molar-refractivity contribution in [3.63, 3.8) is 0 Å². The van der Waals surface area contributed by atoms with Gasteiger partial charge in [0.05, 0.1) is 24.7 Å². The Morgan fingerprint density at radius 2 is 1.86 bits per heavy atom. The number of carbonyl (C=O) groups excluding carboxylic acids is 3. The second-order valence-electron chi connectivity index (χ2n) is 5.45. The molecule has 3 aromatic rings. The number of aromatic nitrogens is 2. The van der Waals surface area contributed by atoms with E-state index in [1.165, 1.54) is 29.3 Å². The van der Waals surface area contributed by atoms with Gasteiger partial charge in [0.15, 0.2) is 17.2 Å². The monoisotopic (exact) mass is 403 g/mol. The first-order chi connectivity index (χ1) is 13.4. The molecule has 11 heteroatoms. The average Bonchev–Trinajstić information content (AvgIpc) is 3.35. The summed E-state index contributed by atoms with van der Waals surface area (Å²) in [7, 11) is 0. The maximum absolute atomic E-state index is 12.1. The van der Waals surface area contributed by atoms with Gasteiger partial charge in [-0.25, -0.2) is 4.68 Å². The zero-order chi connectivity index (χ0) is 20.1. The number of hydrogen-bond acceptors (Lipinski definition) is 6. The third kappa shape index (κ3) is 4.48. The normalized spacial score (nSPS) is 10.3. The molecule has 0 fully saturated rings. The third-order valence-corrected chi connectivity index (χ3v) is 3.72. The summed E-state index contributed by atoms with van der Waals surface area (Å²) in [5, 5.41) is 16.7. The molecule has 3 amide bonds. The third-order valence-electron chi connectivity index (χ3n) is 3.47. The number of nitrogens with zero attached hydrogens (tertiary/aromatic N) is 2. The van der Waals surface area contributed by atoms with Crippen LogP contribution in [0.25, 0.3) is 5.69 Å². The number of furan rings is 1. The summed E-state index contributed by atoms with van der Waals surface area (Å²) < 4.78 is 6.17. The molecular weight excluding hydrogens is 390 g/mol. The highest BCUT2D eigenvalue weighted by Gasteiger charge is 2.18. The Morgan fingerprint density at radius 3 is 2.54 bits per heavy atom. The smallest absolute Gasteiger partial charge is 0.294 e. The molecule has 2 heterocycles. The van der Waals surface area contributed by atoms with E-state index in [-0.39, 0.29) is 17.2 Å². The zero-order valence-electron chi connectivity index (χ0n) is 14.2. The molecule has 0 unspecified atom stereocenters. The molecule has 0 saturated heterocycles. The molecule has 0 atom stereocenters. The minimum Gasteiger partial charge on any atom is -0.504 e. The van der Waals surface area contributed by atoms with E-state index < -0.39 is 24.3 Å². The molecule has 0 bridgehead atoms. The summed E-state index contributed by atoms with van der Waals surface area (Å²) >= 11 is 5.82. The second kappa shape index (κ2) is 8.27. The minimum absolute atomic E-state index is 0.0505. The number of carbonyl (C=O) groups is 3. The lowest BCUT2D eigenvalue weighted by Gasteiger charge is -2.07. The standard InChI is InChI=1S/C17H14ClN5O5/c18-10-3-5-11(6-4-10)23-9-12(24)15(22-23)17(27)21-20-14(25)8-19-16(26)13-2-1-7-28-13/h1-7,9,24H,8H2,(H,19,26)(H,20,25)(H,21,27). The summed E-state index contributed by atoms with van der Waals surface area (Å²) in [6.45, 7) is -0.398. The summed E-state index contributed by atoms with van der Waals surface area (Å²) in [6.07, 6.45) is 2.56. The lowest BCUT2D eigenvalue weighted by Crippen LogP contribution is -2.46. The van der Waals surface area contributed by atoms with Crippen molar-refractivity contribution >= 4 is 29.3 Å². The van der Waals surface area contributed by atoms with Crippen LogP contribution in [0.1, 0.15) is 21.0 Å². The van der Waals surface area contributed by atoms with Gasteiger partial charge in [0.25, 0.3) is 17.7 Å². The molecule has 3 rings (SSSR count). The highest BCUT2D eigenvalue weighted by atomic mass is 35.5. The summed E-state index contributed by atoms with van der Waals surface area (Å²) in [4.78, 5) is 35.5. The second-order valence-corrected chi connectivity index (χ2v) is 5.88. The molecule has 28 heavy (non-hydrogen) atoms. The first kappa shape index (κ1) is 19.0. The molecule has 10 nitrogen and oxygen atoms in total. The van der Waals surface area contributed by atoms with Gasteiger partial charge >= 0.3 is 0 Å². The van der Waals surface area contributed by atoms with Crippen molar-refractivity contribution in [2.75, 3.05) is 6.54 Å². The van der Waals surface area contributed by atoms with E-state index in [0.29, 0.717) is 10.7 Å². The van der Waals surface area contributed by atoms with E-state index in [1.54, 1.807) is 24.3 Å². The van der Waals surface area contributed by atoms with Crippen molar-refractivity contribution in [3.05, 3.63) is 65.3 Å². The van der Waals surface area contributed by atoms with Crippen LogP contribution in [0.4, 0.5) is 0 Å². The quantitative estimate of drug-likeness (QED) is 0.469. The Labute approximate surface area is 163 Å². The molecule has 144 valence electrons. The molecule has 0 radical (unpaired) electrons. The molecule has 4 N–H and O–H groups in total. The maximum atomic E-state index is 12.1. The fourth-order valence-electron chi connectivity index (χ4n) is 2.14. The Balaban J connectivity index is 1.54. The first-order valence-electron chi connectivity index (χ1n) is 7.89. The molecule has 0 saturated carbocycles. The Kier molecular flexibility index (Phi) is 5.61. The molecule has 0 spiro atoms. The van der Waals surface area contributed by atoms with Gasteiger partial charge in [0.1, 0.15) is 0 Å². The van der Waals surface area contributed by atoms with Crippen LogP contribution >= 0.6 is 11.6 Å². The van der Waals surface area contributed by atoms with E-state index in [2.05, 4.69) is 21.3 Å². The van der Waals surface area contributed by atoms with Crippen molar-refractivity contribution in [1.82, 2.24) is 25.9 Å². The van der Waals surface area contributed by atoms with Crippen LogP contribution in [0.3, 0.4) is 0 Å². The van der Waals surface area contributed by atoms with Crippen LogP contribution in [-0.2, 0) is 4.79 Å². The number of amides is 3. The Bertz CT molecular complexity index is 998. The van der Waals surface area contributed by atoms with Gasteiger partial charge in [-0.05, 0) is 36.4 Å². The number of hydrazine groups is 1. The summed E-state index contributed by atoms with van der Waals surface area (Å²) in [5.41, 5.74) is 4.48. The van der Waals surface area contributed by atoms with Gasteiger partial charge in [-0.3, -0.25) is 25.2 Å². The van der Waals surface area contributed by atoms with E-state index in [4.69, 9.17) is 16.0 Å². The summed E-state index contributed by atoms with van der Waals surface area (Å²) in [6, 6.07) is 9.54. The molecular formula is C17H14ClN5O5. The van der Waals surface area contributed by atoms with Gasteiger partial charge in [0, 0.05) is 5.02 Å². The Hall–Kier alpha value is -3.79. The number of halogens is 1. The van der Waals surface area contributed by atoms with Crippen LogP contribution in [-0.4, -0.2) is 39.2 Å². The number of nitrogens with one attached hydrogen (secondary N) is 3. The van der Waals surface area contributed by atoms with Gasteiger partial charge in [-0.1, -0.05) is 11.6 Å². The molecule has 0 aliphatic carbocycles. The largest absolute Gasteiger partial charge is 0.504 e. The minimum atomic E-state index is -0.837. The highest BCUT2D eigenvalue weighted by Crippen LogP contribution is 2.19. The van der Waals surface area contributed by atoms with Crippen molar-refractivity contribution in [2.45, 2.75) is 0 Å². The highest BCUT2D eigenvalue weighted by molar-refractivity contribution is 6.30. The number of hydrogen-bond donors (Lipinski definition) is 4. The van der Waals surface area contributed by atoms with Gasteiger partial charge in [-0.2, -0.15) is 5.10 Å². The van der Waals surface area contributed by atoms with Crippen molar-refractivity contribution < 1.29 is 23.9 Å². The number of rotatable bonds is 5. The lowest BCUT2D eigenvalue weighted by atomic mass is 10.3. The topological polar surface area (TPSA) is 138 Å². The number of benzene rings is 1. The lowest BCUT2D eigenvalue weighted by molar-refractivity contribution is -0.120. The summed E-state index contributed by atoms with van der Waals surface area (Å²) in [5.74, 6) is -2.44. The fourth-order valence-corrected chi connectivity index (χ4v) is 2.26. The van der Waals surface area contributed by atoms with Crippen LogP contribution < -0.4 is 16.2 Å². The Morgan fingerprint density at radius 1 is 1.11 bits per heavy atom. The van der Waals surface area contributed by atoms with Crippen molar-refractivity contribution in [3.8, 4) is 11.4 Å². The van der Waals surface area contributed by atoms with Crippen LogP contribution in [0.2, 0.25) is 5.02 Å².